The molecule has 1 atom stereocenters. The van der Waals surface area contributed by atoms with Crippen LogP contribution in [0.25, 0.3) is 0 Å². The van der Waals surface area contributed by atoms with Crippen molar-refractivity contribution in [1.29, 1.82) is 0 Å². The lowest BCUT2D eigenvalue weighted by molar-refractivity contribution is -0.124. The van der Waals surface area contributed by atoms with Crippen molar-refractivity contribution in [3.63, 3.8) is 0 Å². The van der Waals surface area contributed by atoms with Crippen molar-refractivity contribution in [2.45, 2.75) is 84.3 Å². The molecule has 2 heterocycles. The van der Waals surface area contributed by atoms with E-state index in [4.69, 9.17) is 9.26 Å². The van der Waals surface area contributed by atoms with E-state index < -0.39 is 17.7 Å². The molecule has 0 saturated carbocycles. The number of amides is 1. The largest absolute Gasteiger partial charge is 0.444 e. The Morgan fingerprint density at radius 2 is 1.92 bits per heavy atom. The van der Waals surface area contributed by atoms with Crippen molar-refractivity contribution in [2.75, 3.05) is 6.54 Å². The van der Waals surface area contributed by atoms with E-state index in [9.17, 15) is 9.59 Å². The Morgan fingerprint density at radius 1 is 1.24 bits per heavy atom. The lowest BCUT2D eigenvalue weighted by atomic mass is 9.92. The summed E-state index contributed by atoms with van der Waals surface area (Å²) < 4.78 is 10.8. The molecule has 0 unspecified atom stereocenters. The van der Waals surface area contributed by atoms with Crippen LogP contribution in [0.3, 0.4) is 0 Å². The summed E-state index contributed by atoms with van der Waals surface area (Å²) in [7, 11) is 0. The molecule has 25 heavy (non-hydrogen) atoms. The molecule has 1 aromatic heterocycles. The fourth-order valence-corrected chi connectivity index (χ4v) is 2.85. The summed E-state index contributed by atoms with van der Waals surface area (Å²) in [5, 5.41) is 4.02. The summed E-state index contributed by atoms with van der Waals surface area (Å²) in [6, 6.07) is 1.39. The van der Waals surface area contributed by atoms with Gasteiger partial charge >= 0.3 is 6.09 Å². The smallest absolute Gasteiger partial charge is 0.410 e. The summed E-state index contributed by atoms with van der Waals surface area (Å²) >= 11 is 0. The molecule has 0 bridgehead atoms. The summed E-state index contributed by atoms with van der Waals surface area (Å²) in [5.74, 6) is 0.738. The number of aromatic nitrogens is 1. The third-order valence-corrected chi connectivity index (χ3v) is 4.16. The van der Waals surface area contributed by atoms with Crippen LogP contribution in [0, 0.1) is 0 Å². The summed E-state index contributed by atoms with van der Waals surface area (Å²) in [4.78, 5) is 26.8. The molecule has 1 amide bonds. The average Bonchev–Trinajstić information content (AvgIpc) is 2.94. The van der Waals surface area contributed by atoms with Crippen LogP contribution in [0.5, 0.6) is 0 Å². The van der Waals surface area contributed by atoms with Gasteiger partial charge in [0.2, 0.25) is 0 Å². The Morgan fingerprint density at radius 3 is 2.48 bits per heavy atom. The molecule has 0 aliphatic carbocycles. The first-order valence-electron chi connectivity index (χ1n) is 8.96. The molecule has 6 nitrogen and oxygen atoms in total. The average molecular weight is 350 g/mol. The molecule has 0 radical (unpaired) electrons. The minimum Gasteiger partial charge on any atom is -0.444 e. The van der Waals surface area contributed by atoms with E-state index in [1.807, 2.05) is 47.6 Å². The molecule has 0 aromatic carbocycles. The zero-order chi connectivity index (χ0) is 18.8. The minimum absolute atomic E-state index is 0.0145. The molecule has 140 valence electrons. The van der Waals surface area contributed by atoms with Gasteiger partial charge < -0.3 is 9.26 Å². The summed E-state index contributed by atoms with van der Waals surface area (Å²) in [6.45, 7) is 12.1. The standard InChI is InChI=1S/C19H30N2O4/c1-18(2,3)16-12-13(20-25-16)11-15(22)14-9-7-8-10-21(14)17(23)24-19(4,5)6/h12,14H,7-11H2,1-6H3/t14-/m1/s1. The van der Waals surface area contributed by atoms with Crippen LogP contribution in [0.4, 0.5) is 4.79 Å². The maximum absolute atomic E-state index is 12.8. The third-order valence-electron chi connectivity index (χ3n) is 4.16. The fourth-order valence-electron chi connectivity index (χ4n) is 2.85. The second-order valence-corrected chi connectivity index (χ2v) is 8.76. The molecule has 6 heteroatoms. The van der Waals surface area contributed by atoms with Gasteiger partial charge in [-0.3, -0.25) is 9.69 Å². The highest BCUT2D eigenvalue weighted by Crippen LogP contribution is 2.25. The third kappa shape index (κ3) is 5.31. The molecular weight excluding hydrogens is 320 g/mol. The number of ether oxygens (including phenoxy) is 1. The number of hydrogen-bond acceptors (Lipinski definition) is 5. The van der Waals surface area contributed by atoms with Crippen LogP contribution >= 0.6 is 0 Å². The fraction of sp³-hybridized carbons (Fsp3) is 0.737. The van der Waals surface area contributed by atoms with E-state index in [0.29, 0.717) is 18.7 Å². The summed E-state index contributed by atoms with van der Waals surface area (Å²) in [6.07, 6.45) is 2.25. The monoisotopic (exact) mass is 350 g/mol. The van der Waals surface area contributed by atoms with E-state index in [1.54, 1.807) is 4.90 Å². The maximum Gasteiger partial charge on any atom is 0.410 e. The number of piperidine rings is 1. The van der Waals surface area contributed by atoms with Gasteiger partial charge in [-0.1, -0.05) is 25.9 Å². The Labute approximate surface area is 149 Å². The number of carbonyl (C=O) groups is 2. The van der Waals surface area contributed by atoms with E-state index in [0.717, 1.165) is 18.6 Å². The Bertz CT molecular complexity index is 622. The van der Waals surface area contributed by atoms with Crippen LogP contribution < -0.4 is 0 Å². The molecule has 1 saturated heterocycles. The van der Waals surface area contributed by atoms with Crippen molar-refractivity contribution in [1.82, 2.24) is 10.1 Å². The highest BCUT2D eigenvalue weighted by Gasteiger charge is 2.35. The van der Waals surface area contributed by atoms with Crippen molar-refractivity contribution in [3.05, 3.63) is 17.5 Å². The predicted molar refractivity (Wildman–Crippen MR) is 94.5 cm³/mol. The van der Waals surface area contributed by atoms with Crippen molar-refractivity contribution in [3.8, 4) is 0 Å². The lowest BCUT2D eigenvalue weighted by Gasteiger charge is -2.35. The zero-order valence-electron chi connectivity index (χ0n) is 16.2. The lowest BCUT2D eigenvalue weighted by Crippen LogP contribution is -2.50. The Hall–Kier alpha value is -1.85. The van der Waals surface area contributed by atoms with Gasteiger partial charge in [-0.25, -0.2) is 4.79 Å². The van der Waals surface area contributed by atoms with Crippen LogP contribution in [0.2, 0.25) is 0 Å². The number of Topliss-reactive ketones (excluding diaryl/α,β-unsaturated/α-hetero) is 1. The van der Waals surface area contributed by atoms with Crippen LogP contribution in [-0.2, 0) is 21.4 Å². The quantitative estimate of drug-likeness (QED) is 0.827. The number of ketones is 1. The van der Waals surface area contributed by atoms with Gasteiger partial charge in [-0.15, -0.1) is 0 Å². The second-order valence-electron chi connectivity index (χ2n) is 8.76. The second kappa shape index (κ2) is 7.18. The first-order valence-corrected chi connectivity index (χ1v) is 8.96. The van der Waals surface area contributed by atoms with Gasteiger partial charge in [-0.2, -0.15) is 0 Å². The number of hydrogen-bond donors (Lipinski definition) is 0. The molecular formula is C19H30N2O4. The molecule has 0 N–H and O–H groups in total. The highest BCUT2D eigenvalue weighted by atomic mass is 16.6. The number of rotatable bonds is 3. The van der Waals surface area contributed by atoms with Gasteiger partial charge in [0.15, 0.2) is 5.78 Å². The normalized spacial score (nSPS) is 19.0. The molecule has 1 aromatic rings. The first kappa shape index (κ1) is 19.5. The molecule has 1 aliphatic heterocycles. The summed E-state index contributed by atoms with van der Waals surface area (Å²) in [5.41, 5.74) is -0.109. The van der Waals surface area contributed by atoms with Crippen LogP contribution in [0.1, 0.15) is 72.3 Å². The van der Waals surface area contributed by atoms with Gasteiger partial charge in [0.1, 0.15) is 11.4 Å². The molecule has 1 fully saturated rings. The van der Waals surface area contributed by atoms with Gasteiger partial charge in [0.05, 0.1) is 18.2 Å². The van der Waals surface area contributed by atoms with Gasteiger partial charge in [0, 0.05) is 18.0 Å². The highest BCUT2D eigenvalue weighted by molar-refractivity contribution is 5.89. The van der Waals surface area contributed by atoms with Crippen molar-refractivity contribution in [2.24, 2.45) is 0 Å². The zero-order valence-corrected chi connectivity index (χ0v) is 16.2. The predicted octanol–water partition coefficient (Wildman–Crippen LogP) is 3.87. The molecule has 1 aliphatic rings. The van der Waals surface area contributed by atoms with Crippen LogP contribution in [0.15, 0.2) is 10.6 Å². The Balaban J connectivity index is 2.07. The van der Waals surface area contributed by atoms with E-state index in [2.05, 4.69) is 5.16 Å². The SMILES string of the molecule is CC(C)(C)OC(=O)N1CCCC[C@@H]1C(=O)Cc1cc(C(C)(C)C)on1. The van der Waals surface area contributed by atoms with Crippen molar-refractivity contribution < 1.29 is 18.8 Å². The van der Waals surface area contributed by atoms with E-state index in [1.165, 1.54) is 0 Å². The topological polar surface area (TPSA) is 72.6 Å². The number of nitrogens with zero attached hydrogens (tertiary/aromatic N) is 2. The van der Waals surface area contributed by atoms with E-state index >= 15 is 0 Å². The minimum atomic E-state index is -0.574. The van der Waals surface area contributed by atoms with Gasteiger partial charge in [0.25, 0.3) is 0 Å². The first-order chi connectivity index (χ1) is 11.5. The Kier molecular flexibility index (Phi) is 5.59. The molecule has 0 spiro atoms. The van der Waals surface area contributed by atoms with Crippen molar-refractivity contribution >= 4 is 11.9 Å². The van der Waals surface area contributed by atoms with Crippen LogP contribution in [-0.4, -0.2) is 40.1 Å². The number of likely N-dealkylation sites (tertiary alicyclic amines) is 1. The molecule has 2 rings (SSSR count). The maximum atomic E-state index is 12.8. The number of carbonyl (C=O) groups excluding carboxylic acids is 2. The van der Waals surface area contributed by atoms with Gasteiger partial charge in [-0.05, 0) is 40.0 Å². The van der Waals surface area contributed by atoms with E-state index in [-0.39, 0.29) is 17.6 Å².